The van der Waals surface area contributed by atoms with Gasteiger partial charge in [-0.2, -0.15) is 0 Å². The second-order valence-corrected chi connectivity index (χ2v) is 6.36. The van der Waals surface area contributed by atoms with Crippen molar-refractivity contribution in [3.05, 3.63) is 5.82 Å². The first-order chi connectivity index (χ1) is 11.1. The molecule has 1 aromatic heterocycles. The van der Waals surface area contributed by atoms with E-state index in [9.17, 15) is 4.79 Å². The molecule has 3 heterocycles. The third kappa shape index (κ3) is 3.39. The number of carbonyl (C=O) groups is 1. The van der Waals surface area contributed by atoms with Crippen LogP contribution in [0.25, 0.3) is 0 Å². The standard InChI is InChI=1S/C16H25N5O2/c1-4-9(2)12-16(22)21-13-14(17-8-11-6-5-7-23-11)18-10(3)19-15(13)20-12/h9,11-12H,4-8H2,1-3H3,(H,21,22)(H2,17,18,19,20). The van der Waals surface area contributed by atoms with Crippen molar-refractivity contribution < 1.29 is 9.53 Å². The van der Waals surface area contributed by atoms with E-state index in [0.29, 0.717) is 29.7 Å². The number of anilines is 3. The molecular weight excluding hydrogens is 294 g/mol. The van der Waals surface area contributed by atoms with Crippen molar-refractivity contribution in [1.82, 2.24) is 9.97 Å². The number of aryl methyl sites for hydroxylation is 1. The molecule has 0 aliphatic carbocycles. The molecule has 0 saturated carbocycles. The number of nitrogens with zero attached hydrogens (tertiary/aromatic N) is 2. The number of carbonyl (C=O) groups excluding carboxylic acids is 1. The van der Waals surface area contributed by atoms with Crippen LogP contribution in [0.1, 0.15) is 38.9 Å². The predicted octanol–water partition coefficient (Wildman–Crippen LogP) is 2.15. The summed E-state index contributed by atoms with van der Waals surface area (Å²) in [6, 6.07) is -0.257. The van der Waals surface area contributed by atoms with Crippen LogP contribution < -0.4 is 16.0 Å². The third-order valence-corrected chi connectivity index (χ3v) is 4.58. The molecule has 2 aliphatic rings. The Kier molecular flexibility index (Phi) is 4.66. The average Bonchev–Trinajstić information content (AvgIpc) is 3.05. The van der Waals surface area contributed by atoms with Gasteiger partial charge in [0.15, 0.2) is 11.6 Å². The SMILES string of the molecule is CCC(C)C1Nc2nc(C)nc(NCC3CCCO3)c2NC1=O. The number of aromatic nitrogens is 2. The van der Waals surface area contributed by atoms with E-state index < -0.39 is 0 Å². The first kappa shape index (κ1) is 16.0. The third-order valence-electron chi connectivity index (χ3n) is 4.58. The van der Waals surface area contributed by atoms with Gasteiger partial charge < -0.3 is 20.7 Å². The van der Waals surface area contributed by atoms with Crippen molar-refractivity contribution >= 4 is 23.2 Å². The van der Waals surface area contributed by atoms with Gasteiger partial charge in [0.05, 0.1) is 6.10 Å². The molecular formula is C16H25N5O2. The minimum Gasteiger partial charge on any atom is -0.376 e. The highest BCUT2D eigenvalue weighted by Crippen LogP contribution is 2.33. The molecule has 3 unspecified atom stereocenters. The lowest BCUT2D eigenvalue weighted by molar-refractivity contribution is -0.118. The number of hydrogen-bond acceptors (Lipinski definition) is 6. The highest BCUT2D eigenvalue weighted by atomic mass is 16.5. The zero-order valence-corrected chi connectivity index (χ0v) is 14.0. The first-order valence-corrected chi connectivity index (χ1v) is 8.40. The molecule has 2 aliphatic heterocycles. The summed E-state index contributed by atoms with van der Waals surface area (Å²) in [5.74, 6) is 2.23. The van der Waals surface area contributed by atoms with E-state index in [1.807, 2.05) is 6.92 Å². The monoisotopic (exact) mass is 319 g/mol. The predicted molar refractivity (Wildman–Crippen MR) is 89.7 cm³/mol. The molecule has 7 heteroatoms. The zero-order valence-electron chi connectivity index (χ0n) is 14.0. The van der Waals surface area contributed by atoms with Crippen LogP contribution in [0.5, 0.6) is 0 Å². The Balaban J connectivity index is 1.80. The molecule has 0 spiro atoms. The zero-order chi connectivity index (χ0) is 16.4. The van der Waals surface area contributed by atoms with Crippen LogP contribution in [0.2, 0.25) is 0 Å². The number of ether oxygens (including phenoxy) is 1. The second-order valence-electron chi connectivity index (χ2n) is 6.36. The van der Waals surface area contributed by atoms with E-state index in [4.69, 9.17) is 4.74 Å². The molecule has 0 radical (unpaired) electrons. The van der Waals surface area contributed by atoms with E-state index in [1.54, 1.807) is 0 Å². The smallest absolute Gasteiger partial charge is 0.247 e. The molecule has 7 nitrogen and oxygen atoms in total. The maximum Gasteiger partial charge on any atom is 0.247 e. The van der Waals surface area contributed by atoms with Crippen molar-refractivity contribution in [2.75, 3.05) is 29.1 Å². The molecule has 3 atom stereocenters. The molecule has 1 amide bonds. The number of amides is 1. The Hall–Kier alpha value is -1.89. The highest BCUT2D eigenvalue weighted by molar-refractivity contribution is 6.05. The summed E-state index contributed by atoms with van der Waals surface area (Å²) >= 11 is 0. The summed E-state index contributed by atoms with van der Waals surface area (Å²) in [6.07, 6.45) is 3.29. The van der Waals surface area contributed by atoms with Gasteiger partial charge in [-0.25, -0.2) is 9.97 Å². The summed E-state index contributed by atoms with van der Waals surface area (Å²) in [7, 11) is 0. The molecule has 3 N–H and O–H groups in total. The van der Waals surface area contributed by atoms with Gasteiger partial charge in [-0.3, -0.25) is 4.79 Å². The second kappa shape index (κ2) is 6.70. The van der Waals surface area contributed by atoms with Crippen molar-refractivity contribution in [3.8, 4) is 0 Å². The van der Waals surface area contributed by atoms with E-state index in [2.05, 4.69) is 39.8 Å². The van der Waals surface area contributed by atoms with Crippen LogP contribution in [0, 0.1) is 12.8 Å². The van der Waals surface area contributed by atoms with Gasteiger partial charge in [0, 0.05) is 13.2 Å². The van der Waals surface area contributed by atoms with Crippen molar-refractivity contribution in [2.45, 2.75) is 52.2 Å². The summed E-state index contributed by atoms with van der Waals surface area (Å²) in [4.78, 5) is 21.3. The lowest BCUT2D eigenvalue weighted by Crippen LogP contribution is -2.44. The fourth-order valence-corrected chi connectivity index (χ4v) is 2.99. The first-order valence-electron chi connectivity index (χ1n) is 8.40. The Morgan fingerprint density at radius 2 is 2.26 bits per heavy atom. The van der Waals surface area contributed by atoms with Gasteiger partial charge in [-0.1, -0.05) is 20.3 Å². The minimum absolute atomic E-state index is 0.0283. The van der Waals surface area contributed by atoms with Gasteiger partial charge in [-0.15, -0.1) is 0 Å². The van der Waals surface area contributed by atoms with Gasteiger partial charge >= 0.3 is 0 Å². The summed E-state index contributed by atoms with van der Waals surface area (Å²) < 4.78 is 5.62. The van der Waals surface area contributed by atoms with Gasteiger partial charge in [0.25, 0.3) is 0 Å². The average molecular weight is 319 g/mol. The van der Waals surface area contributed by atoms with E-state index in [-0.39, 0.29) is 24.0 Å². The lowest BCUT2D eigenvalue weighted by Gasteiger charge is -2.30. The van der Waals surface area contributed by atoms with Crippen molar-refractivity contribution in [2.24, 2.45) is 5.92 Å². The summed E-state index contributed by atoms with van der Waals surface area (Å²) in [5.41, 5.74) is 0.637. The van der Waals surface area contributed by atoms with Crippen LogP contribution in [0.3, 0.4) is 0 Å². The van der Waals surface area contributed by atoms with Crippen molar-refractivity contribution in [3.63, 3.8) is 0 Å². The number of hydrogen-bond donors (Lipinski definition) is 3. The quantitative estimate of drug-likeness (QED) is 0.771. The normalized spacial score (nSPS) is 24.6. The van der Waals surface area contributed by atoms with Crippen LogP contribution in [0.4, 0.5) is 17.3 Å². The highest BCUT2D eigenvalue weighted by Gasteiger charge is 2.32. The maximum atomic E-state index is 12.4. The van der Waals surface area contributed by atoms with E-state index >= 15 is 0 Å². The van der Waals surface area contributed by atoms with Gasteiger partial charge in [0.2, 0.25) is 5.91 Å². The molecule has 0 bridgehead atoms. The van der Waals surface area contributed by atoms with Crippen LogP contribution in [-0.2, 0) is 9.53 Å². The lowest BCUT2D eigenvalue weighted by atomic mass is 9.97. The fourth-order valence-electron chi connectivity index (χ4n) is 2.99. The Morgan fingerprint density at radius 1 is 1.43 bits per heavy atom. The maximum absolute atomic E-state index is 12.4. The molecule has 23 heavy (non-hydrogen) atoms. The Bertz CT molecular complexity index is 586. The Morgan fingerprint density at radius 3 is 2.96 bits per heavy atom. The summed E-state index contributed by atoms with van der Waals surface area (Å²) in [5, 5.41) is 9.54. The molecule has 3 rings (SSSR count). The van der Waals surface area contributed by atoms with Gasteiger partial charge in [0.1, 0.15) is 17.6 Å². The van der Waals surface area contributed by atoms with Gasteiger partial charge in [-0.05, 0) is 25.7 Å². The van der Waals surface area contributed by atoms with Crippen LogP contribution >= 0.6 is 0 Å². The topological polar surface area (TPSA) is 88.2 Å². The Labute approximate surface area is 136 Å². The van der Waals surface area contributed by atoms with Crippen LogP contribution in [0.15, 0.2) is 0 Å². The van der Waals surface area contributed by atoms with Crippen molar-refractivity contribution in [1.29, 1.82) is 0 Å². The summed E-state index contributed by atoms with van der Waals surface area (Å²) in [6.45, 7) is 7.51. The van der Waals surface area contributed by atoms with Crippen LogP contribution in [-0.4, -0.2) is 41.2 Å². The number of nitrogens with one attached hydrogen (secondary N) is 3. The van der Waals surface area contributed by atoms with E-state index in [1.165, 1.54) is 0 Å². The fraction of sp³-hybridized carbons (Fsp3) is 0.688. The molecule has 1 fully saturated rings. The molecule has 1 aromatic rings. The number of rotatable bonds is 5. The number of fused-ring (bicyclic) bond motifs is 1. The van der Waals surface area contributed by atoms with E-state index in [0.717, 1.165) is 25.9 Å². The molecule has 126 valence electrons. The minimum atomic E-state index is -0.257. The molecule has 0 aromatic carbocycles. The largest absolute Gasteiger partial charge is 0.376 e. The molecule has 1 saturated heterocycles.